The van der Waals surface area contributed by atoms with Crippen LogP contribution in [0.4, 0.5) is 5.69 Å². The Morgan fingerprint density at radius 3 is 2.30 bits per heavy atom. The number of nitrogens with zero attached hydrogens (tertiary/aromatic N) is 2. The van der Waals surface area contributed by atoms with E-state index >= 15 is 0 Å². The molecule has 2 aromatic carbocycles. The summed E-state index contributed by atoms with van der Waals surface area (Å²) in [6.07, 6.45) is 4.35. The number of hydrogen-bond donors (Lipinski definition) is 2. The highest BCUT2D eigenvalue weighted by Gasteiger charge is 2.42. The van der Waals surface area contributed by atoms with Crippen molar-refractivity contribution in [2.24, 2.45) is 11.7 Å². The maximum Gasteiger partial charge on any atom is 0.270 e. The molecule has 0 bridgehead atoms. The number of aromatic nitrogens is 1. The van der Waals surface area contributed by atoms with Crippen molar-refractivity contribution in [1.29, 1.82) is 0 Å². The van der Waals surface area contributed by atoms with Gasteiger partial charge in [-0.05, 0) is 62.9 Å². The van der Waals surface area contributed by atoms with Gasteiger partial charge in [0.2, 0.25) is 5.91 Å². The molecule has 1 saturated carbocycles. The van der Waals surface area contributed by atoms with Crippen molar-refractivity contribution in [3.05, 3.63) is 95.8 Å². The van der Waals surface area contributed by atoms with Gasteiger partial charge in [0.05, 0.1) is 19.0 Å². The summed E-state index contributed by atoms with van der Waals surface area (Å²) in [5, 5.41) is 2.45. The molecular formula is C30H36N4O3. The molecule has 2 amide bonds. The Morgan fingerprint density at radius 1 is 1.03 bits per heavy atom. The zero-order chi connectivity index (χ0) is 26.8. The van der Waals surface area contributed by atoms with Gasteiger partial charge in [0.25, 0.3) is 5.91 Å². The molecule has 2 atom stereocenters. The van der Waals surface area contributed by atoms with E-state index in [4.69, 9.17) is 5.73 Å². The van der Waals surface area contributed by atoms with Crippen LogP contribution in [0.15, 0.2) is 79.0 Å². The van der Waals surface area contributed by atoms with Gasteiger partial charge in [0.15, 0.2) is 0 Å². The number of nitrogens with one attached hydrogen (secondary N) is 1. The quantitative estimate of drug-likeness (QED) is 0.499. The summed E-state index contributed by atoms with van der Waals surface area (Å²) in [5.74, 6) is -0.364. The SMILES string of the molecule is CC(=O)CNC(=O)c1ccccn1.Cc1ccccc1N(Cc1ccccc1)C(=O)C1CCCC1(C)N. The second-order valence-electron chi connectivity index (χ2n) is 9.75. The van der Waals surface area contributed by atoms with Crippen LogP contribution in [0.5, 0.6) is 0 Å². The fraction of sp³-hybridized carbons (Fsp3) is 0.333. The summed E-state index contributed by atoms with van der Waals surface area (Å²) in [6.45, 7) is 6.11. The van der Waals surface area contributed by atoms with Gasteiger partial charge in [-0.2, -0.15) is 0 Å². The Balaban J connectivity index is 0.000000248. The third-order valence-corrected chi connectivity index (χ3v) is 6.55. The number of Topliss-reactive ketones (excluding diaryl/α,β-unsaturated/α-hetero) is 1. The molecule has 194 valence electrons. The van der Waals surface area contributed by atoms with Crippen LogP contribution >= 0.6 is 0 Å². The number of carbonyl (C=O) groups is 3. The number of benzene rings is 2. The molecule has 1 aliphatic carbocycles. The maximum absolute atomic E-state index is 13.4. The predicted molar refractivity (Wildman–Crippen MR) is 146 cm³/mol. The maximum atomic E-state index is 13.4. The van der Waals surface area contributed by atoms with Crippen LogP contribution in [0, 0.1) is 12.8 Å². The van der Waals surface area contributed by atoms with E-state index in [-0.39, 0.29) is 30.1 Å². The van der Waals surface area contributed by atoms with Crippen molar-refractivity contribution in [2.45, 2.75) is 52.1 Å². The largest absolute Gasteiger partial charge is 0.344 e. The average molecular weight is 501 g/mol. The van der Waals surface area contributed by atoms with Crippen LogP contribution in [0.2, 0.25) is 0 Å². The van der Waals surface area contributed by atoms with E-state index < -0.39 is 5.54 Å². The number of ketones is 1. The first-order valence-electron chi connectivity index (χ1n) is 12.6. The number of nitrogens with two attached hydrogens (primary N) is 1. The number of amides is 2. The summed E-state index contributed by atoms with van der Waals surface area (Å²) >= 11 is 0. The molecule has 1 aromatic heterocycles. The second kappa shape index (κ2) is 12.9. The Bertz CT molecular complexity index is 1200. The van der Waals surface area contributed by atoms with E-state index in [0.717, 1.165) is 36.1 Å². The monoisotopic (exact) mass is 500 g/mol. The van der Waals surface area contributed by atoms with E-state index in [2.05, 4.69) is 35.4 Å². The van der Waals surface area contributed by atoms with E-state index in [1.807, 2.05) is 48.2 Å². The summed E-state index contributed by atoms with van der Waals surface area (Å²) in [6, 6.07) is 23.3. The topological polar surface area (TPSA) is 105 Å². The van der Waals surface area contributed by atoms with Crippen molar-refractivity contribution in [3.63, 3.8) is 0 Å². The van der Waals surface area contributed by atoms with Crippen molar-refractivity contribution in [3.8, 4) is 0 Å². The third kappa shape index (κ3) is 7.82. The molecule has 0 aliphatic heterocycles. The molecule has 0 saturated heterocycles. The molecule has 0 radical (unpaired) electrons. The van der Waals surface area contributed by atoms with Crippen LogP contribution in [0.25, 0.3) is 0 Å². The standard InChI is InChI=1S/C21H26N2O.C9H10N2O2/c1-16-9-6-7-13-19(16)23(15-17-10-4-3-5-11-17)20(24)18-12-8-14-21(18,2)22;1-7(12)6-11-9(13)8-4-2-3-5-10-8/h3-7,9-11,13,18H,8,12,14-15,22H2,1-2H3;2-5H,6H2,1H3,(H,11,13). The number of pyridine rings is 1. The first-order valence-corrected chi connectivity index (χ1v) is 12.6. The van der Waals surface area contributed by atoms with Gasteiger partial charge in [0.1, 0.15) is 11.5 Å². The average Bonchev–Trinajstić information content (AvgIpc) is 3.26. The highest BCUT2D eigenvalue weighted by molar-refractivity contribution is 5.96. The Morgan fingerprint density at radius 2 is 1.70 bits per heavy atom. The van der Waals surface area contributed by atoms with Gasteiger partial charge < -0.3 is 16.0 Å². The molecule has 1 aliphatic rings. The van der Waals surface area contributed by atoms with Crippen LogP contribution in [-0.4, -0.2) is 34.7 Å². The molecule has 7 heteroatoms. The Kier molecular flexibility index (Phi) is 9.69. The number of para-hydroxylation sites is 1. The number of hydrogen-bond acceptors (Lipinski definition) is 5. The van der Waals surface area contributed by atoms with Gasteiger partial charge in [0, 0.05) is 17.4 Å². The number of aryl methyl sites for hydroxylation is 1. The van der Waals surface area contributed by atoms with E-state index in [1.165, 1.54) is 13.1 Å². The first kappa shape index (κ1) is 27.7. The molecule has 0 spiro atoms. The predicted octanol–water partition coefficient (Wildman–Crippen LogP) is 4.45. The van der Waals surface area contributed by atoms with Gasteiger partial charge >= 0.3 is 0 Å². The van der Waals surface area contributed by atoms with E-state index in [0.29, 0.717) is 12.2 Å². The number of anilines is 1. The summed E-state index contributed by atoms with van der Waals surface area (Å²) in [5.41, 5.74) is 9.56. The zero-order valence-electron chi connectivity index (χ0n) is 21.8. The van der Waals surface area contributed by atoms with Crippen LogP contribution < -0.4 is 16.0 Å². The third-order valence-electron chi connectivity index (χ3n) is 6.55. The van der Waals surface area contributed by atoms with E-state index in [9.17, 15) is 14.4 Å². The lowest BCUT2D eigenvalue weighted by molar-refractivity contribution is -0.123. The fourth-order valence-corrected chi connectivity index (χ4v) is 4.49. The van der Waals surface area contributed by atoms with Crippen LogP contribution in [0.1, 0.15) is 54.7 Å². The van der Waals surface area contributed by atoms with Crippen molar-refractivity contribution < 1.29 is 14.4 Å². The zero-order valence-corrected chi connectivity index (χ0v) is 21.8. The number of carbonyl (C=O) groups excluding carboxylic acids is 3. The first-order chi connectivity index (χ1) is 17.7. The van der Waals surface area contributed by atoms with E-state index in [1.54, 1.807) is 18.2 Å². The van der Waals surface area contributed by atoms with Gasteiger partial charge in [-0.1, -0.05) is 61.0 Å². The van der Waals surface area contributed by atoms with Crippen molar-refractivity contribution in [2.75, 3.05) is 11.4 Å². The fourth-order valence-electron chi connectivity index (χ4n) is 4.49. The Labute approximate surface area is 219 Å². The van der Waals surface area contributed by atoms with Gasteiger partial charge in [-0.3, -0.25) is 19.4 Å². The molecule has 3 N–H and O–H groups in total. The smallest absolute Gasteiger partial charge is 0.270 e. The summed E-state index contributed by atoms with van der Waals surface area (Å²) in [4.78, 5) is 40.9. The lowest BCUT2D eigenvalue weighted by Crippen LogP contribution is -2.49. The van der Waals surface area contributed by atoms with Crippen LogP contribution in [-0.2, 0) is 16.1 Å². The lowest BCUT2D eigenvalue weighted by Gasteiger charge is -2.33. The summed E-state index contributed by atoms with van der Waals surface area (Å²) in [7, 11) is 0. The molecule has 1 fully saturated rings. The highest BCUT2D eigenvalue weighted by atomic mass is 16.2. The Hall–Kier alpha value is -3.84. The minimum absolute atomic E-state index is 0.0510. The second-order valence-corrected chi connectivity index (χ2v) is 9.75. The lowest BCUT2D eigenvalue weighted by atomic mass is 9.88. The molecule has 3 aromatic rings. The van der Waals surface area contributed by atoms with Crippen LogP contribution in [0.3, 0.4) is 0 Å². The van der Waals surface area contributed by atoms with Gasteiger partial charge in [-0.25, -0.2) is 0 Å². The minimum Gasteiger partial charge on any atom is -0.344 e. The highest BCUT2D eigenvalue weighted by Crippen LogP contribution is 2.36. The molecule has 1 heterocycles. The molecule has 7 nitrogen and oxygen atoms in total. The molecule has 2 unspecified atom stereocenters. The summed E-state index contributed by atoms with van der Waals surface area (Å²) < 4.78 is 0. The molecule has 37 heavy (non-hydrogen) atoms. The van der Waals surface area contributed by atoms with Crippen molar-refractivity contribution >= 4 is 23.3 Å². The number of rotatable bonds is 7. The minimum atomic E-state index is -0.408. The van der Waals surface area contributed by atoms with Crippen molar-refractivity contribution in [1.82, 2.24) is 10.3 Å². The van der Waals surface area contributed by atoms with Gasteiger partial charge in [-0.15, -0.1) is 0 Å². The molecule has 4 rings (SSSR count). The molecular weight excluding hydrogens is 464 g/mol. The normalized spacial score (nSPS) is 18.3.